The summed E-state index contributed by atoms with van der Waals surface area (Å²) in [6.45, 7) is 4.98. The molecule has 3 nitrogen and oxygen atoms in total. The summed E-state index contributed by atoms with van der Waals surface area (Å²) in [7, 11) is 0. The van der Waals surface area contributed by atoms with Crippen LogP contribution in [0, 0.1) is 0 Å². The molecule has 0 fully saturated rings. The molecule has 0 aromatic carbocycles. The van der Waals surface area contributed by atoms with Gasteiger partial charge in [0.2, 0.25) is 5.91 Å². The van der Waals surface area contributed by atoms with Gasteiger partial charge in [-0.15, -0.1) is 0 Å². The van der Waals surface area contributed by atoms with Crippen molar-refractivity contribution in [3.05, 3.63) is 0 Å². The van der Waals surface area contributed by atoms with Crippen LogP contribution in [0.1, 0.15) is 39.5 Å². The number of carbonyl (C=O) groups is 1. The average Bonchev–Trinajstić information content (AvgIpc) is 2.01. The molecule has 0 aliphatic heterocycles. The van der Waals surface area contributed by atoms with Crippen molar-refractivity contribution in [2.24, 2.45) is 0 Å². The Bertz CT molecular complexity index is 104. The van der Waals surface area contributed by atoms with Gasteiger partial charge in [-0.1, -0.05) is 20.3 Å². The third-order valence-corrected chi connectivity index (χ3v) is 1.36. The van der Waals surface area contributed by atoms with E-state index in [4.69, 9.17) is 0 Å². The first-order chi connectivity index (χ1) is 5.31. The van der Waals surface area contributed by atoms with Crippen LogP contribution in [0.15, 0.2) is 0 Å². The molecule has 3 heteroatoms. The number of rotatable bonds is 6. The quantitative estimate of drug-likeness (QED) is 0.450. The Labute approximate surface area is 68.5 Å². The molecule has 0 atom stereocenters. The van der Waals surface area contributed by atoms with Crippen molar-refractivity contribution < 1.29 is 4.79 Å². The van der Waals surface area contributed by atoms with E-state index in [1.807, 2.05) is 0 Å². The highest BCUT2D eigenvalue weighted by atomic mass is 16.2. The molecule has 0 aliphatic carbocycles. The molecule has 0 aliphatic rings. The fourth-order valence-electron chi connectivity index (χ4n) is 0.686. The second kappa shape index (κ2) is 7.54. The summed E-state index contributed by atoms with van der Waals surface area (Å²) in [5.41, 5.74) is 5.47. The summed E-state index contributed by atoms with van der Waals surface area (Å²) in [6, 6.07) is 0. The largest absolute Gasteiger partial charge is 0.292 e. The predicted octanol–water partition coefficient (Wildman–Crippen LogP) is 1.21. The lowest BCUT2D eigenvalue weighted by Crippen LogP contribution is -2.37. The molecule has 11 heavy (non-hydrogen) atoms. The third-order valence-electron chi connectivity index (χ3n) is 1.36. The second-order valence-electron chi connectivity index (χ2n) is 2.58. The lowest BCUT2D eigenvalue weighted by Gasteiger charge is -2.04. The summed E-state index contributed by atoms with van der Waals surface area (Å²) < 4.78 is 0. The lowest BCUT2D eigenvalue weighted by atomic mass is 10.2. The van der Waals surface area contributed by atoms with Crippen LogP contribution in [-0.4, -0.2) is 12.5 Å². The monoisotopic (exact) mass is 158 g/mol. The Hall–Kier alpha value is -0.570. The third kappa shape index (κ3) is 7.33. The standard InChI is InChI=1S/C8H18N2O/c1-3-5-6-8(11)10-9-7-4-2/h9H,3-7H2,1-2H3,(H,10,11). The van der Waals surface area contributed by atoms with Gasteiger partial charge >= 0.3 is 0 Å². The molecular formula is C8H18N2O. The Morgan fingerprint density at radius 3 is 2.55 bits per heavy atom. The van der Waals surface area contributed by atoms with Crippen molar-refractivity contribution in [2.75, 3.05) is 6.54 Å². The van der Waals surface area contributed by atoms with Crippen molar-refractivity contribution >= 4 is 5.91 Å². The van der Waals surface area contributed by atoms with Gasteiger partial charge in [-0.2, -0.15) is 0 Å². The van der Waals surface area contributed by atoms with E-state index in [0.29, 0.717) is 6.42 Å². The van der Waals surface area contributed by atoms with E-state index in [1.54, 1.807) is 0 Å². The van der Waals surface area contributed by atoms with Crippen LogP contribution in [0.5, 0.6) is 0 Å². The Balaban J connectivity index is 3.09. The van der Waals surface area contributed by atoms with E-state index in [9.17, 15) is 4.79 Å². The minimum Gasteiger partial charge on any atom is -0.292 e. The Kier molecular flexibility index (Phi) is 7.15. The molecule has 66 valence electrons. The van der Waals surface area contributed by atoms with Crippen LogP contribution < -0.4 is 10.9 Å². The van der Waals surface area contributed by atoms with Crippen molar-refractivity contribution in [1.82, 2.24) is 10.9 Å². The smallest absolute Gasteiger partial charge is 0.234 e. The van der Waals surface area contributed by atoms with Gasteiger partial charge < -0.3 is 0 Å². The molecule has 0 saturated heterocycles. The maximum absolute atomic E-state index is 10.9. The van der Waals surface area contributed by atoms with E-state index < -0.39 is 0 Å². The maximum Gasteiger partial charge on any atom is 0.234 e. The zero-order valence-corrected chi connectivity index (χ0v) is 7.44. The van der Waals surface area contributed by atoms with Gasteiger partial charge in [-0.05, 0) is 12.8 Å². The normalized spacial score (nSPS) is 9.64. The number of hydrogen-bond donors (Lipinski definition) is 2. The molecule has 0 spiro atoms. The Morgan fingerprint density at radius 1 is 1.27 bits per heavy atom. The molecule has 0 rings (SSSR count). The molecule has 0 bridgehead atoms. The van der Waals surface area contributed by atoms with Gasteiger partial charge in [-0.3, -0.25) is 10.2 Å². The predicted molar refractivity (Wildman–Crippen MR) is 46.0 cm³/mol. The van der Waals surface area contributed by atoms with E-state index in [2.05, 4.69) is 24.7 Å². The van der Waals surface area contributed by atoms with Crippen LogP contribution in [0.3, 0.4) is 0 Å². The van der Waals surface area contributed by atoms with E-state index >= 15 is 0 Å². The minimum absolute atomic E-state index is 0.0975. The zero-order valence-electron chi connectivity index (χ0n) is 7.44. The first-order valence-corrected chi connectivity index (χ1v) is 4.33. The van der Waals surface area contributed by atoms with Crippen LogP contribution in [0.2, 0.25) is 0 Å². The van der Waals surface area contributed by atoms with Crippen LogP contribution >= 0.6 is 0 Å². The highest BCUT2D eigenvalue weighted by Crippen LogP contribution is 1.91. The number of amides is 1. The fraction of sp³-hybridized carbons (Fsp3) is 0.875. The molecule has 0 radical (unpaired) electrons. The van der Waals surface area contributed by atoms with Gasteiger partial charge in [0.1, 0.15) is 0 Å². The summed E-state index contributed by atoms with van der Waals surface area (Å²) in [5.74, 6) is 0.0975. The topological polar surface area (TPSA) is 41.1 Å². The number of carbonyl (C=O) groups excluding carboxylic acids is 1. The van der Waals surface area contributed by atoms with E-state index in [-0.39, 0.29) is 5.91 Å². The molecular weight excluding hydrogens is 140 g/mol. The van der Waals surface area contributed by atoms with E-state index in [0.717, 1.165) is 25.8 Å². The van der Waals surface area contributed by atoms with Crippen molar-refractivity contribution in [2.45, 2.75) is 39.5 Å². The molecule has 2 N–H and O–H groups in total. The molecule has 0 saturated carbocycles. The summed E-state index contributed by atoms with van der Waals surface area (Å²) in [4.78, 5) is 10.9. The number of nitrogens with one attached hydrogen (secondary N) is 2. The lowest BCUT2D eigenvalue weighted by molar-refractivity contribution is -0.122. The van der Waals surface area contributed by atoms with Gasteiger partial charge in [0.05, 0.1) is 0 Å². The maximum atomic E-state index is 10.9. The number of hydrazine groups is 1. The van der Waals surface area contributed by atoms with E-state index in [1.165, 1.54) is 0 Å². The number of hydrogen-bond acceptors (Lipinski definition) is 2. The summed E-state index contributed by atoms with van der Waals surface area (Å²) >= 11 is 0. The van der Waals surface area contributed by atoms with Crippen LogP contribution in [-0.2, 0) is 4.79 Å². The van der Waals surface area contributed by atoms with Gasteiger partial charge in [0.15, 0.2) is 0 Å². The first kappa shape index (κ1) is 10.4. The number of unbranched alkanes of at least 4 members (excludes halogenated alkanes) is 1. The van der Waals surface area contributed by atoms with Crippen LogP contribution in [0.4, 0.5) is 0 Å². The Morgan fingerprint density at radius 2 is 2.00 bits per heavy atom. The molecule has 0 heterocycles. The fourth-order valence-corrected chi connectivity index (χ4v) is 0.686. The highest BCUT2D eigenvalue weighted by Gasteiger charge is 1.96. The molecule has 1 amide bonds. The van der Waals surface area contributed by atoms with Gasteiger partial charge in [0, 0.05) is 13.0 Å². The molecule has 0 aromatic heterocycles. The summed E-state index contributed by atoms with van der Waals surface area (Å²) in [6.07, 6.45) is 3.71. The SMILES string of the molecule is CCCCC(=O)NNCCC. The van der Waals surface area contributed by atoms with Crippen molar-refractivity contribution in [3.8, 4) is 0 Å². The van der Waals surface area contributed by atoms with Gasteiger partial charge in [-0.25, -0.2) is 5.43 Å². The molecule has 0 aromatic rings. The van der Waals surface area contributed by atoms with Crippen LogP contribution in [0.25, 0.3) is 0 Å². The van der Waals surface area contributed by atoms with Crippen molar-refractivity contribution in [3.63, 3.8) is 0 Å². The van der Waals surface area contributed by atoms with Crippen molar-refractivity contribution in [1.29, 1.82) is 0 Å². The molecule has 0 unspecified atom stereocenters. The van der Waals surface area contributed by atoms with Gasteiger partial charge in [0.25, 0.3) is 0 Å². The second-order valence-corrected chi connectivity index (χ2v) is 2.58. The summed E-state index contributed by atoms with van der Waals surface area (Å²) in [5, 5.41) is 0. The zero-order chi connectivity index (χ0) is 8.53. The average molecular weight is 158 g/mol. The minimum atomic E-state index is 0.0975. The highest BCUT2D eigenvalue weighted by molar-refractivity contribution is 5.75. The first-order valence-electron chi connectivity index (χ1n) is 4.33.